The molecule has 2 aromatic rings. The maximum absolute atomic E-state index is 13.9. The molecule has 0 bridgehead atoms. The second kappa shape index (κ2) is 8.13. The van der Waals surface area contributed by atoms with E-state index in [0.717, 1.165) is 5.56 Å². The van der Waals surface area contributed by atoms with Gasteiger partial charge in [-0.3, -0.25) is 4.79 Å². The highest BCUT2D eigenvalue weighted by atomic mass is 35.5. The number of ether oxygens (including phenoxy) is 1. The van der Waals surface area contributed by atoms with Crippen molar-refractivity contribution >= 4 is 23.4 Å². The number of rotatable bonds is 5. The van der Waals surface area contributed by atoms with Gasteiger partial charge in [0.05, 0.1) is 10.6 Å². The van der Waals surface area contributed by atoms with Crippen LogP contribution in [-0.4, -0.2) is 23.4 Å². The van der Waals surface area contributed by atoms with E-state index in [1.807, 2.05) is 51.1 Å². The van der Waals surface area contributed by atoms with Gasteiger partial charge < -0.3 is 10.5 Å². The topological polar surface area (TPSA) is 67.9 Å². The Balaban J connectivity index is 2.18. The van der Waals surface area contributed by atoms with E-state index in [1.54, 1.807) is 0 Å². The first-order chi connectivity index (χ1) is 13.7. The molecular weight excluding hydrogens is 393 g/mol. The first-order valence-corrected chi connectivity index (χ1v) is 9.90. The molecule has 0 spiro atoms. The highest BCUT2D eigenvalue weighted by Crippen LogP contribution is 2.43. The lowest BCUT2D eigenvalue weighted by Gasteiger charge is -2.38. The quantitative estimate of drug-likeness (QED) is 0.770. The zero-order valence-corrected chi connectivity index (χ0v) is 17.5. The average molecular weight is 418 g/mol. The van der Waals surface area contributed by atoms with Crippen molar-refractivity contribution < 1.29 is 13.9 Å². The van der Waals surface area contributed by atoms with Gasteiger partial charge in [-0.1, -0.05) is 62.7 Å². The molecule has 2 aromatic carbocycles. The van der Waals surface area contributed by atoms with Crippen molar-refractivity contribution in [3.63, 3.8) is 0 Å². The van der Waals surface area contributed by atoms with E-state index in [0.29, 0.717) is 24.9 Å². The van der Waals surface area contributed by atoms with Crippen molar-refractivity contribution in [2.75, 3.05) is 6.54 Å². The van der Waals surface area contributed by atoms with Gasteiger partial charge in [0.25, 0.3) is 5.91 Å². The molecule has 3 rings (SSSR count). The Morgan fingerprint density at radius 2 is 1.93 bits per heavy atom. The van der Waals surface area contributed by atoms with Gasteiger partial charge >= 0.3 is 0 Å². The molecule has 1 amide bonds. The van der Waals surface area contributed by atoms with Crippen LogP contribution < -0.4 is 5.73 Å². The molecule has 0 saturated heterocycles. The number of carbonyl (C=O) groups excluding carboxylic acids is 1. The summed E-state index contributed by atoms with van der Waals surface area (Å²) in [5.74, 6) is -0.586. The number of nitrogens with two attached hydrogens (primary N) is 1. The smallest absolute Gasteiger partial charge is 0.251 e. The Kier molecular flexibility index (Phi) is 5.96. The van der Waals surface area contributed by atoms with Crippen molar-refractivity contribution in [1.29, 1.82) is 0 Å². The van der Waals surface area contributed by atoms with E-state index in [1.165, 1.54) is 23.2 Å². The maximum Gasteiger partial charge on any atom is 0.251 e. The fourth-order valence-electron chi connectivity index (χ4n) is 3.22. The van der Waals surface area contributed by atoms with Crippen LogP contribution in [0.25, 0.3) is 0 Å². The lowest BCUT2D eigenvalue weighted by molar-refractivity contribution is -0.161. The van der Waals surface area contributed by atoms with Gasteiger partial charge in [-0.25, -0.2) is 4.39 Å². The molecule has 0 fully saturated rings. The van der Waals surface area contributed by atoms with Crippen LogP contribution in [0.1, 0.15) is 44.7 Å². The molecule has 1 atom stereocenters. The van der Waals surface area contributed by atoms with Gasteiger partial charge in [0.2, 0.25) is 11.6 Å². The number of hydrogen-bond acceptors (Lipinski definition) is 4. The fraction of sp³-hybridized carbons (Fsp3) is 0.364. The molecule has 0 aromatic heterocycles. The molecule has 1 unspecified atom stereocenters. The largest absolute Gasteiger partial charge is 0.443 e. The minimum absolute atomic E-state index is 0.105. The van der Waals surface area contributed by atoms with Crippen LogP contribution in [0.4, 0.5) is 4.39 Å². The second-order valence-corrected chi connectivity index (χ2v) is 8.45. The third kappa shape index (κ3) is 4.14. The Hall–Kier alpha value is -2.44. The molecule has 2 N–H and O–H groups in total. The van der Waals surface area contributed by atoms with Crippen LogP contribution in [0, 0.1) is 11.2 Å². The number of amides is 1. The summed E-state index contributed by atoms with van der Waals surface area (Å²) >= 11 is 6.29. The van der Waals surface area contributed by atoms with Crippen molar-refractivity contribution in [1.82, 2.24) is 5.01 Å². The lowest BCUT2D eigenvalue weighted by Crippen LogP contribution is -2.49. The average Bonchev–Trinajstić information content (AvgIpc) is 3.08. The summed E-state index contributed by atoms with van der Waals surface area (Å²) < 4.78 is 20.2. The number of benzene rings is 2. The van der Waals surface area contributed by atoms with Gasteiger partial charge in [0, 0.05) is 17.4 Å². The molecule has 0 radical (unpaired) electrons. The Bertz CT molecular complexity index is 927. The van der Waals surface area contributed by atoms with Crippen LogP contribution >= 0.6 is 11.6 Å². The highest BCUT2D eigenvalue weighted by Gasteiger charge is 2.51. The number of nitrogens with zero attached hydrogens (tertiary/aromatic N) is 2. The van der Waals surface area contributed by atoms with Crippen LogP contribution in [0.2, 0.25) is 5.02 Å². The van der Waals surface area contributed by atoms with Crippen LogP contribution in [-0.2, 0) is 15.3 Å². The van der Waals surface area contributed by atoms with E-state index >= 15 is 0 Å². The third-order valence-electron chi connectivity index (χ3n) is 4.74. The van der Waals surface area contributed by atoms with Gasteiger partial charge in [-0.2, -0.15) is 5.01 Å². The summed E-state index contributed by atoms with van der Waals surface area (Å²) in [4.78, 5) is 13.3. The molecule has 5 nitrogen and oxygen atoms in total. The van der Waals surface area contributed by atoms with Crippen LogP contribution in [0.5, 0.6) is 0 Å². The predicted molar refractivity (Wildman–Crippen MR) is 112 cm³/mol. The minimum atomic E-state index is -1.18. The number of carbonyl (C=O) groups is 1. The standard InChI is InChI=1S/C22H25ClFN3O2/c1-21(2,3)20(28)27-22(12-7-13-25,15-8-5-4-6-9-15)29-19(26-27)17-14-16(24)10-11-18(17)23/h4-6,8-11,14H,7,12-13,25H2,1-3H3. The van der Waals surface area contributed by atoms with Gasteiger partial charge in [-0.05, 0) is 31.2 Å². The summed E-state index contributed by atoms with van der Waals surface area (Å²) in [6, 6.07) is 13.3. The molecule has 1 aliphatic rings. The highest BCUT2D eigenvalue weighted by molar-refractivity contribution is 6.33. The Morgan fingerprint density at radius 1 is 1.24 bits per heavy atom. The number of hydrazone groups is 1. The van der Waals surface area contributed by atoms with Crippen molar-refractivity contribution in [2.45, 2.75) is 39.3 Å². The van der Waals surface area contributed by atoms with Crippen LogP contribution in [0.15, 0.2) is 53.6 Å². The van der Waals surface area contributed by atoms with Gasteiger partial charge in [0.1, 0.15) is 5.82 Å². The molecule has 29 heavy (non-hydrogen) atoms. The molecule has 1 heterocycles. The van der Waals surface area contributed by atoms with E-state index in [-0.39, 0.29) is 16.8 Å². The minimum Gasteiger partial charge on any atom is -0.443 e. The first-order valence-electron chi connectivity index (χ1n) is 9.52. The monoisotopic (exact) mass is 417 g/mol. The Labute approximate surface area is 175 Å². The lowest BCUT2D eigenvalue weighted by atomic mass is 9.91. The SMILES string of the molecule is CC(C)(C)C(=O)N1N=C(c2cc(F)ccc2Cl)OC1(CCCN)c1ccccc1. The molecule has 1 aliphatic heterocycles. The zero-order valence-electron chi connectivity index (χ0n) is 16.8. The predicted octanol–water partition coefficient (Wildman–Crippen LogP) is 4.64. The molecule has 0 aliphatic carbocycles. The first kappa shape index (κ1) is 21.3. The van der Waals surface area contributed by atoms with E-state index in [4.69, 9.17) is 22.1 Å². The molecule has 0 saturated carbocycles. The van der Waals surface area contributed by atoms with Crippen molar-refractivity contribution in [3.8, 4) is 0 Å². The van der Waals surface area contributed by atoms with E-state index in [2.05, 4.69) is 5.10 Å². The van der Waals surface area contributed by atoms with Gasteiger partial charge in [-0.15, -0.1) is 5.10 Å². The zero-order chi connectivity index (χ0) is 21.2. The summed E-state index contributed by atoms with van der Waals surface area (Å²) in [6.07, 6.45) is 1.03. The summed E-state index contributed by atoms with van der Waals surface area (Å²) in [7, 11) is 0. The van der Waals surface area contributed by atoms with E-state index in [9.17, 15) is 9.18 Å². The summed E-state index contributed by atoms with van der Waals surface area (Å²) in [6.45, 7) is 5.87. The molecule has 154 valence electrons. The van der Waals surface area contributed by atoms with Gasteiger partial charge in [0.15, 0.2) is 0 Å². The summed E-state index contributed by atoms with van der Waals surface area (Å²) in [5, 5.41) is 6.15. The van der Waals surface area contributed by atoms with Crippen LogP contribution in [0.3, 0.4) is 0 Å². The van der Waals surface area contributed by atoms with Crippen molar-refractivity contribution in [3.05, 3.63) is 70.5 Å². The maximum atomic E-state index is 13.9. The van der Waals surface area contributed by atoms with Crippen molar-refractivity contribution in [2.24, 2.45) is 16.3 Å². The number of hydrogen-bond donors (Lipinski definition) is 1. The number of halogens is 2. The molecular formula is C22H25ClFN3O2. The summed E-state index contributed by atoms with van der Waals surface area (Å²) in [5.41, 5.74) is 4.93. The van der Waals surface area contributed by atoms with E-state index < -0.39 is 17.0 Å². The normalized spacial score (nSPS) is 19.1. The Morgan fingerprint density at radius 3 is 2.55 bits per heavy atom. The fourth-order valence-corrected chi connectivity index (χ4v) is 3.41. The second-order valence-electron chi connectivity index (χ2n) is 8.04. The molecule has 7 heteroatoms. The third-order valence-corrected chi connectivity index (χ3v) is 5.07.